The number of carboxylic acid groups (broad SMARTS) is 1. The van der Waals surface area contributed by atoms with E-state index in [1.54, 1.807) is 7.11 Å². The zero-order chi connectivity index (χ0) is 23.1. The molecule has 2 N–H and O–H groups in total. The van der Waals surface area contributed by atoms with Crippen LogP contribution in [0.15, 0.2) is 48.5 Å². The summed E-state index contributed by atoms with van der Waals surface area (Å²) in [5.74, 6) is -1.16. The van der Waals surface area contributed by atoms with Crippen molar-refractivity contribution in [1.29, 1.82) is 0 Å². The van der Waals surface area contributed by atoms with Gasteiger partial charge in [0.15, 0.2) is 11.5 Å². The lowest BCUT2D eigenvalue weighted by atomic mass is 10.1. The van der Waals surface area contributed by atoms with E-state index in [9.17, 15) is 13.2 Å². The van der Waals surface area contributed by atoms with Gasteiger partial charge in [-0.05, 0) is 43.1 Å². The average molecular weight is 450 g/mol. The number of hydrogen-bond donors (Lipinski definition) is 2. The van der Waals surface area contributed by atoms with E-state index < -0.39 is 12.1 Å². The lowest BCUT2D eigenvalue weighted by Gasteiger charge is -2.17. The van der Waals surface area contributed by atoms with Gasteiger partial charge in [0.1, 0.15) is 0 Å². The van der Waals surface area contributed by atoms with Gasteiger partial charge in [0.2, 0.25) is 0 Å². The SMILES string of the molecule is COc1ccccc1OCCCn1c2c(c3ccccc31)CCNC2.O=C(O)C(F)(F)F. The number of aromatic nitrogens is 1. The maximum absolute atomic E-state index is 10.6. The van der Waals surface area contributed by atoms with Crippen LogP contribution in [0.4, 0.5) is 13.2 Å². The number of rotatable bonds is 6. The highest BCUT2D eigenvalue weighted by atomic mass is 19.4. The van der Waals surface area contributed by atoms with Gasteiger partial charge in [-0.3, -0.25) is 0 Å². The van der Waals surface area contributed by atoms with Crippen LogP contribution in [0.25, 0.3) is 10.9 Å². The smallest absolute Gasteiger partial charge is 0.490 e. The number of benzene rings is 2. The second kappa shape index (κ2) is 10.4. The first-order valence-electron chi connectivity index (χ1n) is 10.2. The molecule has 0 spiro atoms. The molecule has 0 aliphatic carbocycles. The number of aliphatic carboxylic acids is 1. The molecule has 4 rings (SSSR count). The third kappa shape index (κ3) is 5.53. The van der Waals surface area contributed by atoms with Crippen molar-refractivity contribution in [3.8, 4) is 11.5 Å². The van der Waals surface area contributed by atoms with Gasteiger partial charge in [0.05, 0.1) is 13.7 Å². The van der Waals surface area contributed by atoms with Crippen LogP contribution in [0, 0.1) is 0 Å². The molecule has 0 unspecified atom stereocenters. The van der Waals surface area contributed by atoms with Crippen LogP contribution >= 0.6 is 0 Å². The van der Waals surface area contributed by atoms with E-state index in [0.29, 0.717) is 6.61 Å². The Hall–Kier alpha value is -3.20. The van der Waals surface area contributed by atoms with E-state index in [2.05, 4.69) is 34.1 Å². The molecule has 0 atom stereocenters. The molecule has 9 heteroatoms. The summed E-state index contributed by atoms with van der Waals surface area (Å²) in [5.41, 5.74) is 4.29. The molecule has 0 radical (unpaired) electrons. The quantitative estimate of drug-likeness (QED) is 0.545. The summed E-state index contributed by atoms with van der Waals surface area (Å²) in [6, 6.07) is 16.6. The predicted octanol–water partition coefficient (Wildman–Crippen LogP) is 4.40. The number of aryl methyl sites for hydroxylation is 1. The first kappa shape index (κ1) is 23.5. The van der Waals surface area contributed by atoms with Crippen LogP contribution in [0.2, 0.25) is 0 Å². The Bertz CT molecular complexity index is 1060. The number of nitrogens with one attached hydrogen (secondary N) is 1. The molecule has 0 saturated heterocycles. The Morgan fingerprint density at radius 3 is 2.47 bits per heavy atom. The van der Waals surface area contributed by atoms with Gasteiger partial charge in [0, 0.05) is 29.7 Å². The highest BCUT2D eigenvalue weighted by Gasteiger charge is 2.38. The van der Waals surface area contributed by atoms with Crippen molar-refractivity contribution in [1.82, 2.24) is 9.88 Å². The summed E-state index contributed by atoms with van der Waals surface area (Å²) in [6.45, 7) is 3.66. The Morgan fingerprint density at radius 2 is 1.78 bits per heavy atom. The highest BCUT2D eigenvalue weighted by Crippen LogP contribution is 2.29. The fourth-order valence-corrected chi connectivity index (χ4v) is 3.73. The van der Waals surface area contributed by atoms with E-state index in [4.69, 9.17) is 19.4 Å². The topological polar surface area (TPSA) is 72.7 Å². The van der Waals surface area contributed by atoms with Gasteiger partial charge < -0.3 is 24.5 Å². The fourth-order valence-electron chi connectivity index (χ4n) is 3.73. The van der Waals surface area contributed by atoms with Gasteiger partial charge in [-0.15, -0.1) is 0 Å². The van der Waals surface area contributed by atoms with Crippen molar-refractivity contribution in [2.24, 2.45) is 0 Å². The number of hydrogen-bond acceptors (Lipinski definition) is 4. The number of fused-ring (bicyclic) bond motifs is 3. The standard InChI is InChI=1S/C21H24N2O2.C2HF3O2/c1-24-20-9-4-5-10-21(20)25-14-6-13-23-18-8-3-2-7-16(18)17-11-12-22-15-19(17)23;3-2(4,5)1(6)7/h2-5,7-10,22H,6,11-15H2,1H3;(H,6,7). The van der Waals surface area contributed by atoms with Crippen molar-refractivity contribution in [3.05, 3.63) is 59.8 Å². The normalized spacial score (nSPS) is 13.1. The molecular weight excluding hydrogens is 425 g/mol. The molecule has 2 heterocycles. The Balaban J connectivity index is 0.000000360. The number of halogens is 3. The van der Waals surface area contributed by atoms with E-state index in [0.717, 1.165) is 44.0 Å². The molecule has 172 valence electrons. The van der Waals surface area contributed by atoms with Crippen molar-refractivity contribution >= 4 is 16.9 Å². The second-order valence-corrected chi connectivity index (χ2v) is 7.18. The summed E-state index contributed by atoms with van der Waals surface area (Å²) >= 11 is 0. The van der Waals surface area contributed by atoms with Crippen molar-refractivity contribution in [3.63, 3.8) is 0 Å². The second-order valence-electron chi connectivity index (χ2n) is 7.18. The molecule has 1 aliphatic rings. The molecule has 0 fully saturated rings. The number of nitrogens with zero attached hydrogens (tertiary/aromatic N) is 1. The summed E-state index contributed by atoms with van der Waals surface area (Å²) in [5, 5.41) is 12.0. The van der Waals surface area contributed by atoms with E-state index >= 15 is 0 Å². The molecule has 0 saturated carbocycles. The Kier molecular flexibility index (Phi) is 7.63. The predicted molar refractivity (Wildman–Crippen MR) is 114 cm³/mol. The van der Waals surface area contributed by atoms with Crippen LogP contribution in [0.3, 0.4) is 0 Å². The molecule has 6 nitrogen and oxygen atoms in total. The summed E-state index contributed by atoms with van der Waals surface area (Å²) in [6.07, 6.45) is -3.01. The summed E-state index contributed by atoms with van der Waals surface area (Å²) in [7, 11) is 1.67. The molecule has 0 amide bonds. The monoisotopic (exact) mass is 450 g/mol. The van der Waals surface area contributed by atoms with Gasteiger partial charge in [-0.2, -0.15) is 13.2 Å². The Labute approximate surface area is 183 Å². The lowest BCUT2D eigenvalue weighted by molar-refractivity contribution is -0.192. The summed E-state index contributed by atoms with van der Waals surface area (Å²) in [4.78, 5) is 8.90. The molecule has 3 aromatic rings. The first-order valence-corrected chi connectivity index (χ1v) is 10.2. The lowest BCUT2D eigenvalue weighted by Crippen LogP contribution is -2.25. The van der Waals surface area contributed by atoms with E-state index in [1.807, 2.05) is 24.3 Å². The molecule has 0 bridgehead atoms. The van der Waals surface area contributed by atoms with Crippen LogP contribution in [0.5, 0.6) is 11.5 Å². The number of carboxylic acids is 1. The van der Waals surface area contributed by atoms with Crippen LogP contribution in [-0.2, 0) is 24.3 Å². The maximum Gasteiger partial charge on any atom is 0.490 e. The van der Waals surface area contributed by atoms with Crippen LogP contribution in [0.1, 0.15) is 17.7 Å². The molecular formula is C23H25F3N2O4. The molecule has 1 aliphatic heterocycles. The zero-order valence-electron chi connectivity index (χ0n) is 17.6. The van der Waals surface area contributed by atoms with Crippen molar-refractivity contribution in [2.75, 3.05) is 20.3 Å². The number of para-hydroxylation sites is 3. The van der Waals surface area contributed by atoms with Crippen LogP contribution in [-0.4, -0.2) is 42.1 Å². The zero-order valence-corrected chi connectivity index (χ0v) is 17.6. The minimum absolute atomic E-state index is 0.676. The molecule has 32 heavy (non-hydrogen) atoms. The fraction of sp³-hybridized carbons (Fsp3) is 0.348. The van der Waals surface area contributed by atoms with Gasteiger partial charge >= 0.3 is 12.1 Å². The Morgan fingerprint density at radius 1 is 1.12 bits per heavy atom. The molecule has 1 aromatic heterocycles. The van der Waals surface area contributed by atoms with Crippen molar-refractivity contribution in [2.45, 2.75) is 32.1 Å². The summed E-state index contributed by atoms with van der Waals surface area (Å²) < 4.78 is 45.5. The van der Waals surface area contributed by atoms with E-state index in [-0.39, 0.29) is 0 Å². The van der Waals surface area contributed by atoms with Crippen LogP contribution < -0.4 is 14.8 Å². The number of ether oxygens (including phenoxy) is 2. The van der Waals surface area contributed by atoms with Gasteiger partial charge in [-0.25, -0.2) is 4.79 Å². The highest BCUT2D eigenvalue weighted by molar-refractivity contribution is 5.85. The largest absolute Gasteiger partial charge is 0.493 e. The number of carbonyl (C=O) groups is 1. The molecule has 2 aromatic carbocycles. The minimum atomic E-state index is -5.08. The third-order valence-electron chi connectivity index (χ3n) is 5.13. The van der Waals surface area contributed by atoms with E-state index in [1.165, 1.54) is 22.2 Å². The van der Waals surface area contributed by atoms with Gasteiger partial charge in [0.25, 0.3) is 0 Å². The van der Waals surface area contributed by atoms with Gasteiger partial charge in [-0.1, -0.05) is 30.3 Å². The number of methoxy groups -OCH3 is 1. The number of alkyl halides is 3. The average Bonchev–Trinajstić information content (AvgIpc) is 3.11. The first-order chi connectivity index (χ1) is 15.3. The maximum atomic E-state index is 10.6. The third-order valence-corrected chi connectivity index (χ3v) is 5.13. The minimum Gasteiger partial charge on any atom is -0.493 e. The van der Waals surface area contributed by atoms with Crippen molar-refractivity contribution < 1.29 is 32.5 Å².